The van der Waals surface area contributed by atoms with Crippen LogP contribution in [0.5, 0.6) is 0 Å². The molecule has 4 N–H and O–H groups in total. The number of hydrogen-bond donors (Lipinski definition) is 3. The molecule has 7 nitrogen and oxygen atoms in total. The van der Waals surface area contributed by atoms with Gasteiger partial charge < -0.3 is 20.8 Å². The standard InChI is InChI=1S/C14H14N4O3/c1-18(14(20)10-5-6-12(19)16-8-10)11-4-2-3-9(7-11)13(15)17-21/h2-8,21H,1H3,(H2,15,17)(H,16,19). The van der Waals surface area contributed by atoms with E-state index in [0.29, 0.717) is 16.8 Å². The highest BCUT2D eigenvalue weighted by molar-refractivity contribution is 6.06. The second-order valence-corrected chi connectivity index (χ2v) is 4.34. The average Bonchev–Trinajstić information content (AvgIpc) is 2.53. The van der Waals surface area contributed by atoms with Crippen LogP contribution in [0.1, 0.15) is 15.9 Å². The van der Waals surface area contributed by atoms with E-state index in [1.165, 1.54) is 23.2 Å². The predicted molar refractivity (Wildman–Crippen MR) is 78.7 cm³/mol. The first-order valence-corrected chi connectivity index (χ1v) is 6.07. The molecule has 2 aromatic rings. The minimum atomic E-state index is -0.289. The van der Waals surface area contributed by atoms with E-state index >= 15 is 0 Å². The third kappa shape index (κ3) is 3.08. The van der Waals surface area contributed by atoms with Gasteiger partial charge >= 0.3 is 0 Å². The maximum atomic E-state index is 12.3. The van der Waals surface area contributed by atoms with Gasteiger partial charge in [-0.15, -0.1) is 0 Å². The van der Waals surface area contributed by atoms with Crippen LogP contribution < -0.4 is 16.2 Å². The number of carbonyl (C=O) groups excluding carboxylic acids is 1. The zero-order valence-corrected chi connectivity index (χ0v) is 11.3. The maximum Gasteiger partial charge on any atom is 0.259 e. The second-order valence-electron chi connectivity index (χ2n) is 4.34. The molecule has 0 fully saturated rings. The first-order valence-electron chi connectivity index (χ1n) is 6.07. The summed E-state index contributed by atoms with van der Waals surface area (Å²) in [5.41, 5.74) is 6.68. The van der Waals surface area contributed by atoms with Crippen LogP contribution in [0.3, 0.4) is 0 Å². The van der Waals surface area contributed by atoms with Gasteiger partial charge in [-0.2, -0.15) is 0 Å². The SMILES string of the molecule is CN(C(=O)c1ccc(=O)[nH]c1)c1cccc(/C(N)=N/O)c1. The van der Waals surface area contributed by atoms with Crippen LogP contribution >= 0.6 is 0 Å². The minimum Gasteiger partial charge on any atom is -0.409 e. The molecule has 0 radical (unpaired) electrons. The summed E-state index contributed by atoms with van der Waals surface area (Å²) in [5.74, 6) is -0.329. The van der Waals surface area contributed by atoms with Crippen molar-refractivity contribution in [2.75, 3.05) is 11.9 Å². The Bertz CT molecular complexity index is 731. The Balaban J connectivity index is 2.31. The van der Waals surface area contributed by atoms with Crippen molar-refractivity contribution in [2.45, 2.75) is 0 Å². The Morgan fingerprint density at radius 3 is 2.67 bits per heavy atom. The van der Waals surface area contributed by atoms with Crippen molar-refractivity contribution in [1.82, 2.24) is 4.98 Å². The molecule has 0 bridgehead atoms. The lowest BCUT2D eigenvalue weighted by Gasteiger charge is -2.18. The average molecular weight is 286 g/mol. The topological polar surface area (TPSA) is 112 Å². The molecule has 2 rings (SSSR count). The van der Waals surface area contributed by atoms with Crippen molar-refractivity contribution in [3.8, 4) is 0 Å². The summed E-state index contributed by atoms with van der Waals surface area (Å²) in [5, 5.41) is 11.6. The number of hydrogen-bond acceptors (Lipinski definition) is 4. The molecule has 0 atom stereocenters. The maximum absolute atomic E-state index is 12.3. The van der Waals surface area contributed by atoms with Crippen molar-refractivity contribution in [2.24, 2.45) is 10.9 Å². The van der Waals surface area contributed by atoms with Gasteiger partial charge in [-0.3, -0.25) is 9.59 Å². The fourth-order valence-corrected chi connectivity index (χ4v) is 1.79. The largest absolute Gasteiger partial charge is 0.409 e. The first-order chi connectivity index (χ1) is 10.0. The number of amidine groups is 1. The Morgan fingerprint density at radius 1 is 1.29 bits per heavy atom. The van der Waals surface area contributed by atoms with Gasteiger partial charge in [0.15, 0.2) is 5.84 Å². The van der Waals surface area contributed by atoms with Gasteiger partial charge in [0.1, 0.15) is 0 Å². The molecule has 0 saturated carbocycles. The highest BCUT2D eigenvalue weighted by atomic mass is 16.4. The molecule has 1 heterocycles. The number of oxime groups is 1. The third-order valence-electron chi connectivity index (χ3n) is 2.97. The zero-order chi connectivity index (χ0) is 15.4. The number of aromatic nitrogens is 1. The van der Waals surface area contributed by atoms with Gasteiger partial charge in [-0.1, -0.05) is 17.3 Å². The fraction of sp³-hybridized carbons (Fsp3) is 0.0714. The number of anilines is 1. The second kappa shape index (κ2) is 5.91. The molecule has 1 aromatic heterocycles. The number of H-pyrrole nitrogens is 1. The number of nitrogens with one attached hydrogen (secondary N) is 1. The van der Waals surface area contributed by atoms with E-state index < -0.39 is 0 Å². The van der Waals surface area contributed by atoms with Gasteiger partial charge in [0.05, 0.1) is 5.56 Å². The van der Waals surface area contributed by atoms with Crippen LogP contribution in [0.15, 0.2) is 52.5 Å². The van der Waals surface area contributed by atoms with Gasteiger partial charge in [0, 0.05) is 30.6 Å². The molecule has 0 saturated heterocycles. The van der Waals surface area contributed by atoms with Crippen LogP contribution in [0, 0.1) is 0 Å². The molecule has 0 aliphatic heterocycles. The number of aromatic amines is 1. The molecular formula is C14H14N4O3. The summed E-state index contributed by atoms with van der Waals surface area (Å²) in [4.78, 5) is 27.2. The molecule has 1 aromatic carbocycles. The predicted octanol–water partition coefficient (Wildman–Crippen LogP) is 0.746. The molecule has 0 aliphatic carbocycles. The van der Waals surface area contributed by atoms with Crippen molar-refractivity contribution < 1.29 is 10.0 Å². The van der Waals surface area contributed by atoms with E-state index in [4.69, 9.17) is 10.9 Å². The summed E-state index contributed by atoms with van der Waals surface area (Å²) in [6, 6.07) is 9.44. The normalized spacial score (nSPS) is 11.2. The summed E-state index contributed by atoms with van der Waals surface area (Å²) >= 11 is 0. The number of nitrogens with zero attached hydrogens (tertiary/aromatic N) is 2. The van der Waals surface area contributed by atoms with Gasteiger partial charge in [0.2, 0.25) is 5.56 Å². The third-order valence-corrected chi connectivity index (χ3v) is 2.97. The van der Waals surface area contributed by atoms with Gasteiger partial charge in [0.25, 0.3) is 5.91 Å². The van der Waals surface area contributed by atoms with Crippen molar-refractivity contribution in [3.05, 3.63) is 64.1 Å². The molecule has 21 heavy (non-hydrogen) atoms. The van der Waals surface area contributed by atoms with Crippen LogP contribution in [0.25, 0.3) is 0 Å². The number of pyridine rings is 1. The Kier molecular flexibility index (Phi) is 4.03. The van der Waals surface area contributed by atoms with E-state index in [2.05, 4.69) is 10.1 Å². The van der Waals surface area contributed by atoms with Crippen LogP contribution in [-0.2, 0) is 0 Å². The van der Waals surface area contributed by atoms with E-state index in [-0.39, 0.29) is 17.3 Å². The van der Waals surface area contributed by atoms with Gasteiger partial charge in [-0.25, -0.2) is 0 Å². The van der Waals surface area contributed by atoms with Crippen LogP contribution in [-0.4, -0.2) is 29.0 Å². The number of rotatable bonds is 3. The quantitative estimate of drug-likeness (QED) is 0.334. The Labute approximate surface area is 120 Å². The highest BCUT2D eigenvalue weighted by Gasteiger charge is 2.14. The minimum absolute atomic E-state index is 0.0401. The Hall–Kier alpha value is -3.09. The highest BCUT2D eigenvalue weighted by Crippen LogP contribution is 2.17. The molecule has 0 unspecified atom stereocenters. The molecule has 0 aliphatic rings. The van der Waals surface area contributed by atoms with E-state index in [1.807, 2.05) is 0 Å². The lowest BCUT2D eigenvalue weighted by atomic mass is 10.1. The molecule has 0 spiro atoms. The van der Waals surface area contributed by atoms with E-state index in [1.54, 1.807) is 31.3 Å². The zero-order valence-electron chi connectivity index (χ0n) is 11.3. The number of carbonyl (C=O) groups is 1. The van der Waals surface area contributed by atoms with Crippen LogP contribution in [0.2, 0.25) is 0 Å². The summed E-state index contributed by atoms with van der Waals surface area (Å²) in [7, 11) is 1.60. The molecule has 108 valence electrons. The summed E-state index contributed by atoms with van der Waals surface area (Å²) < 4.78 is 0. The van der Waals surface area contributed by atoms with Crippen molar-refractivity contribution in [3.63, 3.8) is 0 Å². The molecular weight excluding hydrogens is 272 g/mol. The Morgan fingerprint density at radius 2 is 2.05 bits per heavy atom. The first kappa shape index (κ1) is 14.3. The van der Waals surface area contributed by atoms with Crippen LogP contribution in [0.4, 0.5) is 5.69 Å². The number of nitrogens with two attached hydrogens (primary N) is 1. The smallest absolute Gasteiger partial charge is 0.259 e. The molecule has 1 amide bonds. The van der Waals surface area contributed by atoms with Crippen molar-refractivity contribution >= 4 is 17.4 Å². The lowest BCUT2D eigenvalue weighted by Crippen LogP contribution is -2.27. The number of benzene rings is 1. The lowest BCUT2D eigenvalue weighted by molar-refractivity contribution is 0.0992. The van der Waals surface area contributed by atoms with Gasteiger partial charge in [-0.05, 0) is 18.2 Å². The van der Waals surface area contributed by atoms with Crippen molar-refractivity contribution in [1.29, 1.82) is 0 Å². The molecule has 7 heteroatoms. The summed E-state index contributed by atoms with van der Waals surface area (Å²) in [6.07, 6.45) is 1.36. The summed E-state index contributed by atoms with van der Waals surface area (Å²) in [6.45, 7) is 0. The monoisotopic (exact) mass is 286 g/mol. The van der Waals surface area contributed by atoms with E-state index in [9.17, 15) is 9.59 Å². The van der Waals surface area contributed by atoms with E-state index in [0.717, 1.165) is 0 Å². The fourth-order valence-electron chi connectivity index (χ4n) is 1.79. The number of amides is 1.